The Morgan fingerprint density at radius 2 is 1.80 bits per heavy atom. The summed E-state index contributed by atoms with van der Waals surface area (Å²) in [4.78, 5) is 14.0. The first-order valence-electron chi connectivity index (χ1n) is 9.66. The molecular formula is C20H31N2O3+. The van der Waals surface area contributed by atoms with E-state index >= 15 is 0 Å². The van der Waals surface area contributed by atoms with Crippen LogP contribution < -0.4 is 19.7 Å². The quantitative estimate of drug-likeness (QED) is 0.853. The van der Waals surface area contributed by atoms with E-state index < -0.39 is 0 Å². The van der Waals surface area contributed by atoms with Crippen LogP contribution in [-0.2, 0) is 4.79 Å². The number of benzene rings is 1. The molecule has 138 valence electrons. The van der Waals surface area contributed by atoms with Crippen LogP contribution in [0.4, 0.5) is 0 Å². The van der Waals surface area contributed by atoms with Crippen LogP contribution in [0.2, 0.25) is 0 Å². The molecule has 0 aromatic heterocycles. The van der Waals surface area contributed by atoms with Gasteiger partial charge in [-0.05, 0) is 42.9 Å². The van der Waals surface area contributed by atoms with E-state index in [1.807, 2.05) is 18.2 Å². The van der Waals surface area contributed by atoms with Gasteiger partial charge in [0, 0.05) is 6.42 Å². The molecule has 2 N–H and O–H groups in total. The van der Waals surface area contributed by atoms with Gasteiger partial charge in [0.2, 0.25) is 0 Å². The van der Waals surface area contributed by atoms with Gasteiger partial charge in [-0.25, -0.2) is 0 Å². The van der Waals surface area contributed by atoms with Crippen molar-refractivity contribution in [3.8, 4) is 11.5 Å². The predicted octanol–water partition coefficient (Wildman–Crippen LogP) is 1.73. The Morgan fingerprint density at radius 3 is 2.52 bits per heavy atom. The third-order valence-electron chi connectivity index (χ3n) is 5.09. The van der Waals surface area contributed by atoms with Gasteiger partial charge < -0.3 is 19.7 Å². The third kappa shape index (κ3) is 4.88. The summed E-state index contributed by atoms with van der Waals surface area (Å²) in [7, 11) is 0. The summed E-state index contributed by atoms with van der Waals surface area (Å²) in [5.74, 6) is 2.04. The fraction of sp³-hybridized carbons (Fsp3) is 0.650. The number of quaternary nitrogens is 1. The fourth-order valence-corrected chi connectivity index (χ4v) is 3.69. The lowest BCUT2D eigenvalue weighted by Crippen LogP contribution is -3.13. The maximum atomic E-state index is 12.6. The average molecular weight is 347 g/mol. The minimum absolute atomic E-state index is 0.00570. The molecule has 0 unspecified atom stereocenters. The molecule has 3 rings (SSSR count). The summed E-state index contributed by atoms with van der Waals surface area (Å²) in [6, 6.07) is 6.03. The van der Waals surface area contributed by atoms with E-state index in [9.17, 15) is 4.79 Å². The summed E-state index contributed by atoms with van der Waals surface area (Å²) in [6.45, 7) is 8.45. The molecule has 5 heteroatoms. The number of likely N-dealkylation sites (tertiary alicyclic amines) is 1. The number of piperidine rings is 1. The monoisotopic (exact) mass is 347 g/mol. The van der Waals surface area contributed by atoms with Crippen LogP contribution in [0.15, 0.2) is 18.2 Å². The van der Waals surface area contributed by atoms with Crippen LogP contribution in [0.25, 0.3) is 0 Å². The minimum Gasteiger partial charge on any atom is -0.490 e. The zero-order chi connectivity index (χ0) is 17.6. The molecule has 0 saturated carbocycles. The molecule has 2 aliphatic rings. The lowest BCUT2D eigenvalue weighted by molar-refractivity contribution is -0.896. The molecule has 5 nitrogen and oxygen atoms in total. The number of hydrogen-bond donors (Lipinski definition) is 2. The van der Waals surface area contributed by atoms with Crippen molar-refractivity contribution < 1.29 is 19.2 Å². The molecular weight excluding hydrogens is 316 g/mol. The van der Waals surface area contributed by atoms with Crippen LogP contribution in [0, 0.1) is 5.92 Å². The number of carbonyl (C=O) groups excluding carboxylic acids is 1. The van der Waals surface area contributed by atoms with E-state index in [0.717, 1.165) is 36.6 Å². The maximum Gasteiger partial charge on any atom is 0.275 e. The average Bonchev–Trinajstić information content (AvgIpc) is 2.85. The smallest absolute Gasteiger partial charge is 0.275 e. The molecule has 0 aliphatic carbocycles. The third-order valence-corrected chi connectivity index (χ3v) is 5.09. The molecule has 0 radical (unpaired) electrons. The first kappa shape index (κ1) is 18.1. The number of ether oxygens (including phenoxy) is 2. The second-order valence-electron chi connectivity index (χ2n) is 7.53. The first-order valence-corrected chi connectivity index (χ1v) is 9.66. The van der Waals surface area contributed by atoms with Gasteiger partial charge >= 0.3 is 0 Å². The van der Waals surface area contributed by atoms with Crippen LogP contribution in [0.5, 0.6) is 11.5 Å². The molecule has 1 atom stereocenters. The Labute approximate surface area is 150 Å². The Morgan fingerprint density at radius 1 is 1.08 bits per heavy atom. The number of nitrogens with one attached hydrogen (secondary N) is 2. The van der Waals surface area contributed by atoms with Crippen molar-refractivity contribution in [2.45, 2.75) is 45.6 Å². The summed E-state index contributed by atoms with van der Waals surface area (Å²) in [5, 5.41) is 3.25. The number of hydrogen-bond acceptors (Lipinski definition) is 3. The van der Waals surface area contributed by atoms with Gasteiger partial charge in [-0.2, -0.15) is 0 Å². The van der Waals surface area contributed by atoms with Crippen LogP contribution in [0.3, 0.4) is 0 Å². The standard InChI is InChI=1S/C20H30N2O3/c1-15(2)20(21-19(23)14-22-9-4-3-5-10-22)16-7-8-17-18(13-16)25-12-6-11-24-17/h7-8,13,15,20H,3-6,9-12,14H2,1-2H3,(H,21,23)/p+1/t20-/m1/s1. The van der Waals surface area contributed by atoms with E-state index in [1.54, 1.807) is 0 Å². The van der Waals surface area contributed by atoms with Gasteiger partial charge in [0.1, 0.15) is 0 Å². The number of carbonyl (C=O) groups is 1. The van der Waals surface area contributed by atoms with E-state index in [1.165, 1.54) is 24.2 Å². The van der Waals surface area contributed by atoms with Crippen molar-refractivity contribution in [3.63, 3.8) is 0 Å². The molecule has 0 spiro atoms. The highest BCUT2D eigenvalue weighted by Gasteiger charge is 2.24. The van der Waals surface area contributed by atoms with Crippen molar-refractivity contribution in [2.75, 3.05) is 32.8 Å². The zero-order valence-electron chi connectivity index (χ0n) is 15.5. The highest BCUT2D eigenvalue weighted by molar-refractivity contribution is 5.77. The van der Waals surface area contributed by atoms with Crippen molar-refractivity contribution in [2.24, 2.45) is 5.92 Å². The van der Waals surface area contributed by atoms with Gasteiger partial charge in [-0.1, -0.05) is 19.9 Å². The Balaban J connectivity index is 1.68. The van der Waals surface area contributed by atoms with Crippen molar-refractivity contribution in [1.82, 2.24) is 5.32 Å². The van der Waals surface area contributed by atoms with E-state index in [4.69, 9.17) is 9.47 Å². The van der Waals surface area contributed by atoms with Gasteiger partial charge in [-0.3, -0.25) is 4.79 Å². The second-order valence-corrected chi connectivity index (χ2v) is 7.53. The lowest BCUT2D eigenvalue weighted by atomic mass is 9.95. The molecule has 2 heterocycles. The lowest BCUT2D eigenvalue weighted by Gasteiger charge is -2.26. The normalized spacial score (nSPS) is 19.3. The Kier molecular flexibility index (Phi) is 6.19. The molecule has 2 aliphatic heterocycles. The predicted molar refractivity (Wildman–Crippen MR) is 97.2 cm³/mol. The van der Waals surface area contributed by atoms with Crippen LogP contribution in [-0.4, -0.2) is 38.8 Å². The number of rotatable bonds is 5. The van der Waals surface area contributed by atoms with E-state index in [-0.39, 0.29) is 11.9 Å². The Hall–Kier alpha value is -1.75. The van der Waals surface area contributed by atoms with E-state index in [2.05, 4.69) is 19.2 Å². The van der Waals surface area contributed by atoms with Crippen LogP contribution in [0.1, 0.15) is 51.1 Å². The van der Waals surface area contributed by atoms with E-state index in [0.29, 0.717) is 25.7 Å². The zero-order valence-corrected chi connectivity index (χ0v) is 15.5. The second kappa shape index (κ2) is 8.56. The molecule has 1 saturated heterocycles. The number of fused-ring (bicyclic) bond motifs is 1. The molecule has 1 amide bonds. The maximum absolute atomic E-state index is 12.6. The highest BCUT2D eigenvalue weighted by atomic mass is 16.5. The molecule has 1 aromatic rings. The van der Waals surface area contributed by atoms with Crippen molar-refractivity contribution in [3.05, 3.63) is 23.8 Å². The van der Waals surface area contributed by atoms with Crippen LogP contribution >= 0.6 is 0 Å². The van der Waals surface area contributed by atoms with Gasteiger partial charge in [0.15, 0.2) is 18.0 Å². The van der Waals surface area contributed by atoms with Crippen molar-refractivity contribution >= 4 is 5.91 Å². The topological polar surface area (TPSA) is 52.0 Å². The number of amides is 1. The highest BCUT2D eigenvalue weighted by Crippen LogP contribution is 2.34. The van der Waals surface area contributed by atoms with Crippen molar-refractivity contribution in [1.29, 1.82) is 0 Å². The molecule has 1 aromatic carbocycles. The minimum atomic E-state index is -0.00570. The first-order chi connectivity index (χ1) is 12.1. The fourth-order valence-electron chi connectivity index (χ4n) is 3.69. The SMILES string of the molecule is CC(C)[C@@H](NC(=O)C[NH+]1CCCCC1)c1ccc2c(c1)OCCCO2. The largest absolute Gasteiger partial charge is 0.490 e. The summed E-state index contributed by atoms with van der Waals surface area (Å²) >= 11 is 0. The molecule has 25 heavy (non-hydrogen) atoms. The summed E-state index contributed by atoms with van der Waals surface area (Å²) < 4.78 is 11.5. The summed E-state index contributed by atoms with van der Waals surface area (Å²) in [6.07, 6.45) is 4.67. The summed E-state index contributed by atoms with van der Waals surface area (Å²) in [5.41, 5.74) is 1.08. The molecule has 1 fully saturated rings. The van der Waals surface area contributed by atoms with Gasteiger partial charge in [0.05, 0.1) is 32.3 Å². The Bertz CT molecular complexity index is 582. The van der Waals surface area contributed by atoms with Gasteiger partial charge in [-0.15, -0.1) is 0 Å². The van der Waals surface area contributed by atoms with Gasteiger partial charge in [0.25, 0.3) is 5.91 Å². The molecule has 0 bridgehead atoms.